The lowest BCUT2D eigenvalue weighted by Crippen LogP contribution is -2.62. The van der Waals surface area contributed by atoms with Crippen LogP contribution in [0.25, 0.3) is 6.08 Å². The van der Waals surface area contributed by atoms with Gasteiger partial charge in [-0.1, -0.05) is 60.7 Å². The van der Waals surface area contributed by atoms with E-state index in [9.17, 15) is 14.0 Å². The van der Waals surface area contributed by atoms with Gasteiger partial charge in [-0.25, -0.2) is 4.39 Å². The Morgan fingerprint density at radius 1 is 1.07 bits per heavy atom. The monoisotopic (exact) mass is 587 g/mol. The van der Waals surface area contributed by atoms with Crippen molar-refractivity contribution in [3.8, 4) is 5.75 Å². The van der Waals surface area contributed by atoms with Crippen LogP contribution in [0.5, 0.6) is 5.75 Å². The van der Waals surface area contributed by atoms with E-state index in [-0.39, 0.29) is 36.0 Å². The number of aromatic nitrogens is 1. The summed E-state index contributed by atoms with van der Waals surface area (Å²) in [5, 5.41) is 3.23. The van der Waals surface area contributed by atoms with Crippen LogP contribution in [0.1, 0.15) is 46.6 Å². The van der Waals surface area contributed by atoms with E-state index in [0.29, 0.717) is 18.8 Å². The van der Waals surface area contributed by atoms with E-state index in [1.165, 1.54) is 6.07 Å². The molecule has 4 aliphatic rings. The summed E-state index contributed by atoms with van der Waals surface area (Å²) >= 11 is 0. The van der Waals surface area contributed by atoms with Crippen molar-refractivity contribution in [3.05, 3.63) is 137 Å². The van der Waals surface area contributed by atoms with Gasteiger partial charge in [-0.2, -0.15) is 0 Å². The Labute approximate surface area is 256 Å². The second-order valence-electron chi connectivity index (χ2n) is 12.1. The Balaban J connectivity index is 1.33. The van der Waals surface area contributed by atoms with Crippen LogP contribution in [-0.4, -0.2) is 41.9 Å². The van der Waals surface area contributed by atoms with Gasteiger partial charge in [0.1, 0.15) is 11.6 Å². The van der Waals surface area contributed by atoms with Gasteiger partial charge in [0.15, 0.2) is 0 Å². The number of para-hydroxylation sites is 1. The first kappa shape index (κ1) is 28.0. The molecule has 1 saturated heterocycles. The number of carbonyl (C=O) groups excluding carboxylic acids is 2. The van der Waals surface area contributed by atoms with Gasteiger partial charge < -0.3 is 15.0 Å². The number of ether oxygens (including phenoxy) is 1. The summed E-state index contributed by atoms with van der Waals surface area (Å²) in [5.41, 5.74) is 3.30. The minimum Gasteiger partial charge on any atom is -0.496 e. The molecule has 3 aromatic carbocycles. The maximum absolute atomic E-state index is 14.9. The molecule has 6 nitrogen and oxygen atoms in total. The van der Waals surface area contributed by atoms with Crippen LogP contribution in [0.2, 0.25) is 0 Å². The van der Waals surface area contributed by atoms with Gasteiger partial charge in [-0.05, 0) is 65.4 Å². The molecule has 0 spiro atoms. The van der Waals surface area contributed by atoms with Gasteiger partial charge in [-0.3, -0.25) is 14.6 Å². The third-order valence-electron chi connectivity index (χ3n) is 10.1. The number of pyridine rings is 1. The number of likely N-dealkylation sites (tertiary alicyclic amines) is 1. The summed E-state index contributed by atoms with van der Waals surface area (Å²) < 4.78 is 20.4. The molecule has 7 heteroatoms. The molecule has 2 fully saturated rings. The number of hydrogen-bond acceptors (Lipinski definition) is 4. The molecule has 2 bridgehead atoms. The van der Waals surface area contributed by atoms with Crippen LogP contribution in [-0.2, 0) is 21.5 Å². The van der Waals surface area contributed by atoms with Gasteiger partial charge in [-0.15, -0.1) is 0 Å². The highest BCUT2D eigenvalue weighted by Gasteiger charge is 2.70. The summed E-state index contributed by atoms with van der Waals surface area (Å²) in [6.07, 6.45) is 8.34. The number of rotatable bonds is 7. The van der Waals surface area contributed by atoms with E-state index < -0.39 is 10.8 Å². The van der Waals surface area contributed by atoms with Gasteiger partial charge in [0.05, 0.1) is 12.5 Å². The number of methoxy groups -OCH3 is 1. The second-order valence-corrected chi connectivity index (χ2v) is 12.1. The lowest BCUT2D eigenvalue weighted by molar-refractivity contribution is -0.139. The fourth-order valence-electron chi connectivity index (χ4n) is 8.33. The molecule has 3 aliphatic carbocycles. The second kappa shape index (κ2) is 11.1. The van der Waals surface area contributed by atoms with Gasteiger partial charge in [0.2, 0.25) is 11.8 Å². The molecule has 1 aliphatic heterocycles. The number of halogens is 1. The number of nitrogens with zero attached hydrogens (tertiary/aromatic N) is 2. The molecule has 8 rings (SSSR count). The van der Waals surface area contributed by atoms with Crippen molar-refractivity contribution in [2.45, 2.75) is 30.7 Å². The molecular formula is C37H34FN3O3. The largest absolute Gasteiger partial charge is 0.496 e. The van der Waals surface area contributed by atoms with E-state index in [1.54, 1.807) is 43.8 Å². The fraction of sp³-hybridized carbons (Fsp3) is 0.270. The van der Waals surface area contributed by atoms with Crippen molar-refractivity contribution in [1.29, 1.82) is 0 Å². The minimum atomic E-state index is -0.894. The smallest absolute Gasteiger partial charge is 0.246 e. The molecule has 1 aromatic heterocycles. The normalized spacial score (nSPS) is 25.0. The number of hydrogen-bond donors (Lipinski definition) is 1. The van der Waals surface area contributed by atoms with E-state index in [0.717, 1.165) is 40.7 Å². The van der Waals surface area contributed by atoms with Crippen molar-refractivity contribution in [2.24, 2.45) is 11.3 Å². The molecule has 1 saturated carbocycles. The molecule has 222 valence electrons. The zero-order valence-electron chi connectivity index (χ0n) is 24.6. The van der Waals surface area contributed by atoms with Crippen molar-refractivity contribution in [1.82, 2.24) is 15.2 Å². The van der Waals surface area contributed by atoms with Crippen molar-refractivity contribution >= 4 is 17.9 Å². The summed E-state index contributed by atoms with van der Waals surface area (Å²) in [5.74, 6) is -0.194. The van der Waals surface area contributed by atoms with E-state index >= 15 is 0 Å². The fourth-order valence-corrected chi connectivity index (χ4v) is 8.33. The van der Waals surface area contributed by atoms with Crippen LogP contribution >= 0.6 is 0 Å². The Morgan fingerprint density at radius 2 is 1.91 bits per heavy atom. The van der Waals surface area contributed by atoms with E-state index in [4.69, 9.17) is 4.74 Å². The van der Waals surface area contributed by atoms with Crippen LogP contribution in [0.4, 0.5) is 4.39 Å². The first-order chi connectivity index (χ1) is 21.5. The lowest BCUT2D eigenvalue weighted by Gasteiger charge is -2.60. The summed E-state index contributed by atoms with van der Waals surface area (Å²) in [4.78, 5) is 34.6. The molecule has 4 aromatic rings. The van der Waals surface area contributed by atoms with Gasteiger partial charge in [0.25, 0.3) is 0 Å². The maximum Gasteiger partial charge on any atom is 0.246 e. The Kier molecular flexibility index (Phi) is 7.04. The number of nitrogens with one attached hydrogen (secondary N) is 1. The zero-order chi connectivity index (χ0) is 30.3. The number of fused-ring (bicyclic) bond motifs is 1. The molecule has 1 N–H and O–H groups in total. The van der Waals surface area contributed by atoms with Gasteiger partial charge in [0, 0.05) is 60.9 Å². The topological polar surface area (TPSA) is 71.5 Å². The first-order valence-electron chi connectivity index (χ1n) is 15.1. The molecular weight excluding hydrogens is 553 g/mol. The molecule has 4 atom stereocenters. The molecule has 2 heterocycles. The number of carbonyl (C=O) groups is 2. The Hall–Kier alpha value is -4.78. The van der Waals surface area contributed by atoms with E-state index in [1.807, 2.05) is 59.5 Å². The maximum atomic E-state index is 14.9. The quantitative estimate of drug-likeness (QED) is 0.274. The minimum absolute atomic E-state index is 0.0738. The zero-order valence-corrected chi connectivity index (χ0v) is 24.6. The highest BCUT2D eigenvalue weighted by Crippen LogP contribution is 2.69. The van der Waals surface area contributed by atoms with Gasteiger partial charge >= 0.3 is 0 Å². The SMILES string of the molecule is COc1ccccc1/C=C/C(=O)N1C[C@H]2[C@]3(c4cccc(F)c4)CC[C@@H](c4ccccc43)[C@@]2(C(=O)NCc2cccnc2)C1. The van der Waals surface area contributed by atoms with Crippen molar-refractivity contribution < 1.29 is 18.7 Å². The summed E-state index contributed by atoms with van der Waals surface area (Å²) in [7, 11) is 1.60. The predicted molar refractivity (Wildman–Crippen MR) is 166 cm³/mol. The predicted octanol–water partition coefficient (Wildman–Crippen LogP) is 5.88. The molecule has 0 radical (unpaired) electrons. The summed E-state index contributed by atoms with van der Waals surface area (Å²) in [6, 6.07) is 26.4. The molecule has 2 amide bonds. The Bertz CT molecular complexity index is 1760. The first-order valence-corrected chi connectivity index (χ1v) is 15.1. The average Bonchev–Trinajstić information content (AvgIpc) is 3.51. The highest BCUT2D eigenvalue weighted by atomic mass is 19.1. The Morgan fingerprint density at radius 3 is 2.73 bits per heavy atom. The third kappa shape index (κ3) is 4.33. The molecule has 44 heavy (non-hydrogen) atoms. The van der Waals surface area contributed by atoms with Crippen LogP contribution in [0.3, 0.4) is 0 Å². The highest BCUT2D eigenvalue weighted by molar-refractivity contribution is 5.94. The van der Waals surface area contributed by atoms with Crippen LogP contribution < -0.4 is 10.1 Å². The number of amides is 2. The third-order valence-corrected chi connectivity index (χ3v) is 10.1. The summed E-state index contributed by atoms with van der Waals surface area (Å²) in [6.45, 7) is 1.00. The standard InChI is InChI=1S/C37H34FN3O3/c1-44-32-14-5-2-9-26(32)15-16-34(42)41-23-33-36(27-10-6-11-28(38)20-27)18-17-31(29-12-3-4-13-30(29)36)37(33,24-41)35(43)40-22-25-8-7-19-39-21-25/h2-16,19-21,31,33H,17-18,22-24H2,1H3,(H,40,43)/b16-15+/t31-,33-,36-,37-/m0/s1. The lowest BCUT2D eigenvalue weighted by atomic mass is 9.42. The van der Waals surface area contributed by atoms with Crippen LogP contribution in [0.15, 0.2) is 103 Å². The van der Waals surface area contributed by atoms with Crippen molar-refractivity contribution in [3.63, 3.8) is 0 Å². The number of benzene rings is 3. The van der Waals surface area contributed by atoms with Crippen LogP contribution in [0, 0.1) is 17.2 Å². The average molecular weight is 588 g/mol. The van der Waals surface area contributed by atoms with E-state index in [2.05, 4.69) is 22.4 Å². The van der Waals surface area contributed by atoms with Crippen molar-refractivity contribution in [2.75, 3.05) is 20.2 Å². The molecule has 0 unspecified atom stereocenters.